The molecule has 124 valence electrons. The van der Waals surface area contributed by atoms with Crippen LogP contribution >= 0.6 is 0 Å². The van der Waals surface area contributed by atoms with E-state index in [1.807, 2.05) is 27.7 Å². The Kier molecular flexibility index (Phi) is 3.88. The molecule has 1 amide bonds. The summed E-state index contributed by atoms with van der Waals surface area (Å²) in [5, 5.41) is 2.64. The van der Waals surface area contributed by atoms with Crippen molar-refractivity contribution in [2.24, 2.45) is 0 Å². The minimum Gasteiger partial charge on any atom is -0.489 e. The predicted molar refractivity (Wildman–Crippen MR) is 87.0 cm³/mol. The van der Waals surface area contributed by atoms with E-state index < -0.39 is 18.3 Å². The van der Waals surface area contributed by atoms with E-state index in [0.29, 0.717) is 16.8 Å². The zero-order valence-corrected chi connectivity index (χ0v) is 14.3. The summed E-state index contributed by atoms with van der Waals surface area (Å²) in [6.45, 7) is 7.93. The number of rotatable bonds is 4. The molecule has 1 saturated carbocycles. The van der Waals surface area contributed by atoms with E-state index >= 15 is 0 Å². The van der Waals surface area contributed by atoms with Gasteiger partial charge in [0, 0.05) is 18.7 Å². The summed E-state index contributed by atoms with van der Waals surface area (Å²) >= 11 is 0. The van der Waals surface area contributed by atoms with E-state index in [-0.39, 0.29) is 12.0 Å². The van der Waals surface area contributed by atoms with Crippen molar-refractivity contribution in [3.8, 4) is 5.75 Å². The lowest BCUT2D eigenvalue weighted by atomic mass is 9.75. The topological polar surface area (TPSA) is 69.7 Å². The highest BCUT2D eigenvalue weighted by Gasteiger charge is 2.53. The summed E-state index contributed by atoms with van der Waals surface area (Å²) in [6.07, 6.45) is 5.39. The third-order valence-corrected chi connectivity index (χ3v) is 4.73. The molecule has 6 nitrogen and oxygen atoms in total. The van der Waals surface area contributed by atoms with E-state index in [1.54, 1.807) is 13.2 Å². The molecule has 23 heavy (non-hydrogen) atoms. The van der Waals surface area contributed by atoms with Gasteiger partial charge >= 0.3 is 7.12 Å². The Morgan fingerprint density at radius 1 is 1.26 bits per heavy atom. The highest BCUT2D eigenvalue weighted by molar-refractivity contribution is 6.64. The van der Waals surface area contributed by atoms with Gasteiger partial charge in [0.1, 0.15) is 5.75 Å². The number of hydrogen-bond acceptors (Lipinski definition) is 5. The van der Waals surface area contributed by atoms with Crippen LogP contribution in [0.1, 0.15) is 50.9 Å². The molecule has 0 bridgehead atoms. The standard InChI is InChI=1S/C16H23BN2O4/c1-15(2)16(3,4)23-17(22-15)13-11(14(20)18-5)8-19-9-12(13)21-10-6-7-10/h8-10H,6-7H2,1-5H3,(H,18,20). The lowest BCUT2D eigenvalue weighted by Gasteiger charge is -2.32. The van der Waals surface area contributed by atoms with Gasteiger partial charge in [0.15, 0.2) is 0 Å². The fourth-order valence-corrected chi connectivity index (χ4v) is 2.43. The average Bonchev–Trinajstić information content (AvgIpc) is 3.25. The van der Waals surface area contributed by atoms with Crippen LogP contribution in [-0.2, 0) is 9.31 Å². The van der Waals surface area contributed by atoms with Crippen LogP contribution in [0.25, 0.3) is 0 Å². The number of aromatic nitrogens is 1. The molecule has 0 aromatic carbocycles. The molecule has 1 saturated heterocycles. The first kappa shape index (κ1) is 16.3. The first-order valence-corrected chi connectivity index (χ1v) is 7.97. The van der Waals surface area contributed by atoms with Gasteiger partial charge in [-0.3, -0.25) is 9.78 Å². The van der Waals surface area contributed by atoms with Gasteiger partial charge in [0.25, 0.3) is 5.91 Å². The van der Waals surface area contributed by atoms with E-state index in [0.717, 1.165) is 12.8 Å². The zero-order valence-electron chi connectivity index (χ0n) is 14.3. The van der Waals surface area contributed by atoms with Crippen molar-refractivity contribution in [3.05, 3.63) is 18.0 Å². The molecular weight excluding hydrogens is 295 g/mol. The van der Waals surface area contributed by atoms with Crippen LogP contribution in [0.15, 0.2) is 12.4 Å². The number of carbonyl (C=O) groups excluding carboxylic acids is 1. The second-order valence-corrected chi connectivity index (χ2v) is 7.08. The molecule has 7 heteroatoms. The second kappa shape index (κ2) is 5.49. The van der Waals surface area contributed by atoms with Gasteiger partial charge in [-0.25, -0.2) is 0 Å². The van der Waals surface area contributed by atoms with Crippen LogP contribution in [0.5, 0.6) is 5.75 Å². The molecule has 0 unspecified atom stereocenters. The van der Waals surface area contributed by atoms with Crippen LogP contribution in [0, 0.1) is 0 Å². The molecule has 3 rings (SSSR count). The normalized spacial score (nSPS) is 22.0. The zero-order chi connectivity index (χ0) is 16.8. The molecule has 1 aromatic rings. The third kappa shape index (κ3) is 2.95. The molecule has 2 aliphatic rings. The number of nitrogens with one attached hydrogen (secondary N) is 1. The Bertz CT molecular complexity index is 613. The first-order chi connectivity index (χ1) is 10.7. The van der Waals surface area contributed by atoms with Gasteiger partial charge in [-0.2, -0.15) is 0 Å². The Hall–Kier alpha value is -1.60. The highest BCUT2D eigenvalue weighted by atomic mass is 16.7. The Balaban J connectivity index is 2.03. The van der Waals surface area contributed by atoms with E-state index in [4.69, 9.17) is 14.0 Å². The van der Waals surface area contributed by atoms with Crippen molar-refractivity contribution in [2.75, 3.05) is 7.05 Å². The lowest BCUT2D eigenvalue weighted by molar-refractivity contribution is 0.00578. The molecule has 1 aliphatic carbocycles. The Morgan fingerprint density at radius 3 is 2.39 bits per heavy atom. The number of pyridine rings is 1. The first-order valence-electron chi connectivity index (χ1n) is 7.97. The molecule has 2 fully saturated rings. The summed E-state index contributed by atoms with van der Waals surface area (Å²) in [4.78, 5) is 16.4. The van der Waals surface area contributed by atoms with Crippen molar-refractivity contribution in [1.82, 2.24) is 10.3 Å². The van der Waals surface area contributed by atoms with E-state index in [1.165, 1.54) is 6.20 Å². The van der Waals surface area contributed by atoms with E-state index in [9.17, 15) is 4.79 Å². The summed E-state index contributed by atoms with van der Waals surface area (Å²) in [5.74, 6) is 0.329. The molecule has 0 atom stereocenters. The van der Waals surface area contributed by atoms with Crippen molar-refractivity contribution < 1.29 is 18.8 Å². The fraction of sp³-hybridized carbons (Fsp3) is 0.625. The van der Waals surface area contributed by atoms with Crippen LogP contribution in [0.4, 0.5) is 0 Å². The van der Waals surface area contributed by atoms with Crippen LogP contribution in [0.2, 0.25) is 0 Å². The monoisotopic (exact) mass is 318 g/mol. The van der Waals surface area contributed by atoms with Gasteiger partial charge in [0.2, 0.25) is 0 Å². The summed E-state index contributed by atoms with van der Waals surface area (Å²) < 4.78 is 18.2. The second-order valence-electron chi connectivity index (χ2n) is 7.08. The highest BCUT2D eigenvalue weighted by Crippen LogP contribution is 2.38. The lowest BCUT2D eigenvalue weighted by Crippen LogP contribution is -2.41. The van der Waals surface area contributed by atoms with Gasteiger partial charge in [-0.1, -0.05) is 0 Å². The summed E-state index contributed by atoms with van der Waals surface area (Å²) in [5.41, 5.74) is 0.0595. The molecule has 0 radical (unpaired) electrons. The Morgan fingerprint density at radius 2 is 1.87 bits per heavy atom. The molecule has 1 aliphatic heterocycles. The SMILES string of the molecule is CNC(=O)c1cncc(OC2CC2)c1B1OC(C)(C)C(C)(C)O1. The van der Waals surface area contributed by atoms with Gasteiger partial charge in [-0.05, 0) is 40.5 Å². The summed E-state index contributed by atoms with van der Waals surface area (Å²) in [7, 11) is 0.925. The maximum absolute atomic E-state index is 12.2. The number of ether oxygens (including phenoxy) is 1. The maximum Gasteiger partial charge on any atom is 0.499 e. The predicted octanol–water partition coefficient (Wildman–Crippen LogP) is 1.28. The van der Waals surface area contributed by atoms with E-state index in [2.05, 4.69) is 10.3 Å². The number of amides is 1. The van der Waals surface area contributed by atoms with Crippen molar-refractivity contribution in [1.29, 1.82) is 0 Å². The minimum atomic E-state index is -0.663. The molecular formula is C16H23BN2O4. The number of hydrogen-bond donors (Lipinski definition) is 1. The number of carbonyl (C=O) groups is 1. The number of nitrogens with zero attached hydrogens (tertiary/aromatic N) is 1. The van der Waals surface area contributed by atoms with Crippen molar-refractivity contribution >= 4 is 18.5 Å². The van der Waals surface area contributed by atoms with Gasteiger partial charge < -0.3 is 19.4 Å². The molecule has 1 N–H and O–H groups in total. The van der Waals surface area contributed by atoms with Gasteiger partial charge in [-0.15, -0.1) is 0 Å². The largest absolute Gasteiger partial charge is 0.499 e. The van der Waals surface area contributed by atoms with Crippen LogP contribution in [-0.4, -0.2) is 42.4 Å². The Labute approximate surface area is 137 Å². The van der Waals surface area contributed by atoms with Gasteiger partial charge in [0.05, 0.1) is 29.1 Å². The molecule has 2 heterocycles. The molecule has 1 aromatic heterocycles. The minimum absolute atomic E-state index is 0.193. The molecule has 0 spiro atoms. The third-order valence-electron chi connectivity index (χ3n) is 4.73. The smallest absolute Gasteiger partial charge is 0.489 e. The summed E-state index contributed by atoms with van der Waals surface area (Å²) in [6, 6.07) is 0. The van der Waals surface area contributed by atoms with Crippen molar-refractivity contribution in [3.63, 3.8) is 0 Å². The quantitative estimate of drug-likeness (QED) is 0.847. The van der Waals surface area contributed by atoms with Crippen LogP contribution < -0.4 is 15.5 Å². The van der Waals surface area contributed by atoms with Crippen LogP contribution in [0.3, 0.4) is 0 Å². The van der Waals surface area contributed by atoms with Crippen molar-refractivity contribution in [2.45, 2.75) is 57.8 Å². The average molecular weight is 318 g/mol. The maximum atomic E-state index is 12.2. The fourth-order valence-electron chi connectivity index (χ4n) is 2.43.